The van der Waals surface area contributed by atoms with Crippen molar-refractivity contribution in [2.24, 2.45) is 10.6 Å². The lowest BCUT2D eigenvalue weighted by atomic mass is 9.85. The van der Waals surface area contributed by atoms with E-state index < -0.39 is 58.6 Å². The Bertz CT molecular complexity index is 1410. The molecule has 3 rings (SSSR count). The second kappa shape index (κ2) is 16.6. The minimum atomic E-state index is -1.06. The lowest BCUT2D eigenvalue weighted by Crippen LogP contribution is -2.59. The van der Waals surface area contributed by atoms with Gasteiger partial charge in [-0.25, -0.2) is 4.79 Å². The van der Waals surface area contributed by atoms with Crippen molar-refractivity contribution >= 4 is 35.2 Å². The molecule has 3 amide bonds. The van der Waals surface area contributed by atoms with Crippen LogP contribution in [0.5, 0.6) is 5.75 Å². The van der Waals surface area contributed by atoms with E-state index in [-0.39, 0.29) is 31.9 Å². The molecule has 0 aliphatic carbocycles. The quantitative estimate of drug-likeness (QED) is 0.235. The zero-order valence-corrected chi connectivity index (χ0v) is 31.0. The largest absolute Gasteiger partial charge is 0.493 e. The van der Waals surface area contributed by atoms with Crippen LogP contribution in [0.3, 0.4) is 0 Å². The maximum Gasteiger partial charge on any atom is 0.408 e. The van der Waals surface area contributed by atoms with Gasteiger partial charge in [-0.15, -0.1) is 0 Å². The number of hydrogen-bond donors (Lipinski definition) is 2. The van der Waals surface area contributed by atoms with Crippen LogP contribution in [-0.4, -0.2) is 83.1 Å². The Morgan fingerprint density at radius 3 is 2.18 bits per heavy atom. The number of oxime groups is 1. The van der Waals surface area contributed by atoms with E-state index in [1.807, 2.05) is 74.4 Å². The second-order valence-electron chi connectivity index (χ2n) is 14.3. The predicted octanol–water partition coefficient (Wildman–Crippen LogP) is 5.33. The molecule has 1 spiro atoms. The van der Waals surface area contributed by atoms with Crippen molar-refractivity contribution in [2.45, 2.75) is 144 Å². The molecule has 1 fully saturated rings. The van der Waals surface area contributed by atoms with Crippen molar-refractivity contribution in [1.82, 2.24) is 15.5 Å². The molecule has 0 unspecified atom stereocenters. The molecular formula is C37H56N4O8. The highest BCUT2D eigenvalue weighted by molar-refractivity contribution is 6.39. The number of nitrogens with zero attached hydrogens (tertiary/aromatic N) is 2. The molecule has 0 aromatic heterocycles. The van der Waals surface area contributed by atoms with Gasteiger partial charge >= 0.3 is 6.09 Å². The standard InChI is InChI=1S/C37H56N4O8/c1-11-16-26(30(43)29(42)14-4)38-33(44)28-20-37(19-27(40-49-37)24-17-22(6)31(47-15-5)23(7)18-24)21-41(28)34(45)32(36(8,9)10)39-35(46)48-25(12-2)13-3/h17-18,25-26,28,32H,11-16,19-21H2,1-10H3,(H,38,44)(H,39,46)/t26-,28-,32+,37+/m0/s1. The Morgan fingerprint density at radius 2 is 1.65 bits per heavy atom. The van der Waals surface area contributed by atoms with Crippen LogP contribution >= 0.6 is 0 Å². The molecule has 4 atom stereocenters. The van der Waals surface area contributed by atoms with Gasteiger partial charge in [-0.1, -0.05) is 60.0 Å². The molecule has 1 aromatic carbocycles. The predicted molar refractivity (Wildman–Crippen MR) is 187 cm³/mol. The number of alkyl carbamates (subject to hydrolysis) is 1. The van der Waals surface area contributed by atoms with Crippen LogP contribution in [0.1, 0.15) is 117 Å². The Morgan fingerprint density at radius 1 is 1.02 bits per heavy atom. The number of ether oxygens (including phenoxy) is 2. The van der Waals surface area contributed by atoms with Gasteiger partial charge in [0.05, 0.1) is 24.9 Å². The number of carbonyl (C=O) groups excluding carboxylic acids is 5. The first-order valence-electron chi connectivity index (χ1n) is 17.7. The minimum absolute atomic E-state index is 0.0159. The fourth-order valence-electron chi connectivity index (χ4n) is 6.54. The molecule has 2 N–H and O–H groups in total. The second-order valence-corrected chi connectivity index (χ2v) is 14.3. The number of benzene rings is 1. The van der Waals surface area contributed by atoms with E-state index in [1.54, 1.807) is 6.92 Å². The first-order valence-corrected chi connectivity index (χ1v) is 17.7. The Labute approximate surface area is 291 Å². The van der Waals surface area contributed by atoms with Gasteiger partial charge in [0, 0.05) is 24.8 Å². The molecule has 1 aromatic rings. The summed E-state index contributed by atoms with van der Waals surface area (Å²) in [6.45, 7) is 19.2. The van der Waals surface area contributed by atoms with E-state index in [1.165, 1.54) is 4.90 Å². The van der Waals surface area contributed by atoms with E-state index in [9.17, 15) is 24.0 Å². The first kappa shape index (κ1) is 39.5. The molecule has 2 aliphatic rings. The number of ketones is 2. The Balaban J connectivity index is 1.98. The van der Waals surface area contributed by atoms with Crippen LogP contribution in [0.4, 0.5) is 4.79 Å². The van der Waals surface area contributed by atoms with Gasteiger partial charge in [0.25, 0.3) is 0 Å². The molecule has 49 heavy (non-hydrogen) atoms. The summed E-state index contributed by atoms with van der Waals surface area (Å²) in [5, 5.41) is 10.0. The smallest absolute Gasteiger partial charge is 0.408 e. The molecular weight excluding hydrogens is 628 g/mol. The highest BCUT2D eigenvalue weighted by atomic mass is 16.7. The lowest BCUT2D eigenvalue weighted by molar-refractivity contribution is -0.143. The number of carbonyl (C=O) groups is 5. The first-order chi connectivity index (χ1) is 23.0. The number of likely N-dealkylation sites (tertiary alicyclic amines) is 1. The highest BCUT2D eigenvalue weighted by Gasteiger charge is 2.55. The van der Waals surface area contributed by atoms with Gasteiger partial charge in [-0.2, -0.15) is 0 Å². The maximum atomic E-state index is 14.5. The minimum Gasteiger partial charge on any atom is -0.493 e. The monoisotopic (exact) mass is 684 g/mol. The van der Waals surface area contributed by atoms with Gasteiger partial charge in [-0.3, -0.25) is 19.2 Å². The van der Waals surface area contributed by atoms with Crippen LogP contribution in [0.15, 0.2) is 17.3 Å². The third-order valence-electron chi connectivity index (χ3n) is 9.27. The number of rotatable bonds is 15. The van der Waals surface area contributed by atoms with Crippen LogP contribution < -0.4 is 15.4 Å². The summed E-state index contributed by atoms with van der Waals surface area (Å²) in [5.74, 6) is -1.47. The molecule has 2 heterocycles. The van der Waals surface area contributed by atoms with E-state index in [4.69, 9.17) is 14.3 Å². The lowest BCUT2D eigenvalue weighted by Gasteiger charge is -2.35. The van der Waals surface area contributed by atoms with Gasteiger partial charge in [0.2, 0.25) is 17.6 Å². The number of amides is 3. The van der Waals surface area contributed by atoms with Crippen LogP contribution in [0.2, 0.25) is 0 Å². The van der Waals surface area contributed by atoms with E-state index in [2.05, 4.69) is 15.8 Å². The summed E-state index contributed by atoms with van der Waals surface area (Å²) >= 11 is 0. The fourth-order valence-corrected chi connectivity index (χ4v) is 6.54. The Hall–Kier alpha value is -3.96. The van der Waals surface area contributed by atoms with Gasteiger partial charge in [-0.05, 0) is 68.7 Å². The SMILES string of the molecule is CCC[C@H](NC(=O)[C@@H]1C[C@]2(CC(c3cc(C)c(OCC)c(C)c3)=NO2)CN1C(=O)[C@@H](NC(=O)OC(CC)CC)C(C)(C)C)C(=O)C(=O)CC. The maximum absolute atomic E-state index is 14.5. The van der Waals surface area contributed by atoms with Crippen molar-refractivity contribution in [3.8, 4) is 5.75 Å². The van der Waals surface area contributed by atoms with E-state index >= 15 is 0 Å². The van der Waals surface area contributed by atoms with E-state index in [0.29, 0.717) is 38.0 Å². The third-order valence-corrected chi connectivity index (χ3v) is 9.27. The summed E-state index contributed by atoms with van der Waals surface area (Å²) in [6.07, 6.45) is 1.50. The summed E-state index contributed by atoms with van der Waals surface area (Å²) in [4.78, 5) is 74.4. The molecule has 0 saturated carbocycles. The van der Waals surface area contributed by atoms with Gasteiger partial charge in [0.15, 0.2) is 11.4 Å². The number of hydrogen-bond acceptors (Lipinski definition) is 9. The van der Waals surface area contributed by atoms with Crippen molar-refractivity contribution in [1.29, 1.82) is 0 Å². The summed E-state index contributed by atoms with van der Waals surface area (Å²) in [7, 11) is 0. The number of aryl methyl sites for hydroxylation is 2. The van der Waals surface area contributed by atoms with E-state index in [0.717, 1.165) is 22.4 Å². The zero-order chi connectivity index (χ0) is 36.7. The molecule has 272 valence electrons. The molecule has 0 radical (unpaired) electrons. The molecule has 12 nitrogen and oxygen atoms in total. The normalized spacial score (nSPS) is 20.0. The Kier molecular flexibility index (Phi) is 13.4. The number of nitrogens with one attached hydrogen (secondary N) is 2. The highest BCUT2D eigenvalue weighted by Crippen LogP contribution is 2.41. The average Bonchev–Trinajstić information content (AvgIpc) is 3.65. The van der Waals surface area contributed by atoms with Crippen LogP contribution in [-0.2, 0) is 28.8 Å². The van der Waals surface area contributed by atoms with Crippen molar-refractivity contribution in [3.63, 3.8) is 0 Å². The topological polar surface area (TPSA) is 153 Å². The van der Waals surface area contributed by atoms with Gasteiger partial charge in [0.1, 0.15) is 23.9 Å². The summed E-state index contributed by atoms with van der Waals surface area (Å²) in [6, 6.07) is 0.844. The van der Waals surface area contributed by atoms with Crippen molar-refractivity contribution in [3.05, 3.63) is 28.8 Å². The fraction of sp³-hybridized carbons (Fsp3) is 0.676. The molecule has 12 heteroatoms. The van der Waals surface area contributed by atoms with Crippen LogP contribution in [0, 0.1) is 19.3 Å². The number of Topliss-reactive ketones (excluding diaryl/α,β-unsaturated/α-hetero) is 2. The summed E-state index contributed by atoms with van der Waals surface area (Å²) in [5.41, 5.74) is 1.64. The average molecular weight is 685 g/mol. The third kappa shape index (κ3) is 9.39. The van der Waals surface area contributed by atoms with Crippen molar-refractivity contribution < 1.29 is 38.3 Å². The molecule has 0 bridgehead atoms. The van der Waals surface area contributed by atoms with Gasteiger partial charge < -0.3 is 29.8 Å². The van der Waals surface area contributed by atoms with Crippen LogP contribution in [0.25, 0.3) is 0 Å². The zero-order valence-electron chi connectivity index (χ0n) is 31.0. The summed E-state index contributed by atoms with van der Waals surface area (Å²) < 4.78 is 11.4. The molecule has 1 saturated heterocycles. The molecule has 2 aliphatic heterocycles. The van der Waals surface area contributed by atoms with Crippen molar-refractivity contribution in [2.75, 3.05) is 13.2 Å².